The Morgan fingerprint density at radius 3 is 2.47 bits per heavy atom. The highest BCUT2D eigenvalue weighted by Crippen LogP contribution is 2.22. The van der Waals surface area contributed by atoms with Crippen LogP contribution in [0.25, 0.3) is 0 Å². The lowest BCUT2D eigenvalue weighted by Gasteiger charge is -2.15. The van der Waals surface area contributed by atoms with Gasteiger partial charge in [0.1, 0.15) is 0 Å². The lowest BCUT2D eigenvalue weighted by atomic mass is 10.1. The van der Waals surface area contributed by atoms with Crippen molar-refractivity contribution in [3.05, 3.63) is 68.7 Å². The summed E-state index contributed by atoms with van der Waals surface area (Å²) in [5, 5.41) is 4.27. The van der Waals surface area contributed by atoms with Gasteiger partial charge in [0.25, 0.3) is 0 Å². The predicted octanol–water partition coefficient (Wildman–Crippen LogP) is 5.26. The third-order valence-corrected chi connectivity index (χ3v) is 4.16. The minimum atomic E-state index is 0.322. The maximum atomic E-state index is 5.94. The first-order valence-corrected chi connectivity index (χ1v) is 7.47. The maximum Gasteiger partial charge on any atom is 0.0417 e. The first-order valence-electron chi connectivity index (χ1n) is 6.30. The van der Waals surface area contributed by atoms with E-state index in [2.05, 4.69) is 59.4 Å². The van der Waals surface area contributed by atoms with Crippen molar-refractivity contribution in [3.63, 3.8) is 0 Å². The molecule has 100 valence electrons. The molecule has 2 rings (SSSR count). The summed E-state index contributed by atoms with van der Waals surface area (Å²) in [6.07, 6.45) is 0. The van der Waals surface area contributed by atoms with Crippen molar-refractivity contribution in [3.8, 4) is 0 Å². The Balaban J connectivity index is 2.00. The molecule has 0 amide bonds. The van der Waals surface area contributed by atoms with Crippen LogP contribution >= 0.6 is 27.5 Å². The van der Waals surface area contributed by atoms with Gasteiger partial charge in [0, 0.05) is 22.1 Å². The quantitative estimate of drug-likeness (QED) is 0.801. The van der Waals surface area contributed by atoms with Gasteiger partial charge >= 0.3 is 0 Å². The number of aryl methyl sites for hydroxylation is 1. The van der Waals surface area contributed by atoms with Crippen LogP contribution in [0.15, 0.2) is 46.9 Å². The van der Waals surface area contributed by atoms with Crippen LogP contribution in [0, 0.1) is 6.92 Å². The average molecular weight is 339 g/mol. The van der Waals surface area contributed by atoms with Crippen LogP contribution in [0.3, 0.4) is 0 Å². The number of nitrogens with one attached hydrogen (secondary N) is 1. The molecule has 0 aliphatic rings. The molecule has 0 bridgehead atoms. The van der Waals surface area contributed by atoms with E-state index in [4.69, 9.17) is 11.6 Å². The lowest BCUT2D eigenvalue weighted by molar-refractivity contribution is 0.573. The zero-order valence-electron chi connectivity index (χ0n) is 11.1. The second kappa shape index (κ2) is 6.56. The molecule has 1 nitrogen and oxygen atoms in total. The van der Waals surface area contributed by atoms with Gasteiger partial charge in [-0.2, -0.15) is 0 Å². The lowest BCUT2D eigenvalue weighted by Crippen LogP contribution is -2.18. The predicted molar refractivity (Wildman–Crippen MR) is 85.6 cm³/mol. The molecule has 0 fully saturated rings. The number of rotatable bonds is 4. The zero-order chi connectivity index (χ0) is 13.8. The Kier molecular flexibility index (Phi) is 5.03. The van der Waals surface area contributed by atoms with Gasteiger partial charge in [0.05, 0.1) is 0 Å². The molecule has 0 saturated heterocycles. The zero-order valence-corrected chi connectivity index (χ0v) is 13.4. The van der Waals surface area contributed by atoms with E-state index >= 15 is 0 Å². The fourth-order valence-corrected chi connectivity index (χ4v) is 2.72. The SMILES string of the molecule is Cc1ccc(C(C)NCc2ccc(Cl)cc2Br)cc1. The van der Waals surface area contributed by atoms with Gasteiger partial charge in [0.2, 0.25) is 0 Å². The first-order chi connectivity index (χ1) is 9.06. The molecule has 0 heterocycles. The molecular weight excluding hydrogens is 322 g/mol. The van der Waals surface area contributed by atoms with Crippen molar-refractivity contribution in [1.29, 1.82) is 0 Å². The van der Waals surface area contributed by atoms with Crippen LogP contribution in [0.4, 0.5) is 0 Å². The molecule has 1 unspecified atom stereocenters. The Morgan fingerprint density at radius 1 is 1.16 bits per heavy atom. The van der Waals surface area contributed by atoms with Crippen molar-refractivity contribution in [2.45, 2.75) is 26.4 Å². The molecule has 0 aliphatic heterocycles. The van der Waals surface area contributed by atoms with Crippen molar-refractivity contribution in [1.82, 2.24) is 5.32 Å². The largest absolute Gasteiger partial charge is 0.306 e. The van der Waals surface area contributed by atoms with E-state index in [1.807, 2.05) is 18.2 Å². The molecule has 19 heavy (non-hydrogen) atoms. The van der Waals surface area contributed by atoms with Gasteiger partial charge in [-0.15, -0.1) is 0 Å². The summed E-state index contributed by atoms with van der Waals surface area (Å²) >= 11 is 9.48. The summed E-state index contributed by atoms with van der Waals surface area (Å²) in [6, 6.07) is 14.8. The van der Waals surface area contributed by atoms with Gasteiger partial charge in [-0.05, 0) is 37.1 Å². The van der Waals surface area contributed by atoms with Crippen molar-refractivity contribution >= 4 is 27.5 Å². The number of benzene rings is 2. The summed E-state index contributed by atoms with van der Waals surface area (Å²) in [5.74, 6) is 0. The van der Waals surface area contributed by atoms with E-state index in [1.165, 1.54) is 16.7 Å². The van der Waals surface area contributed by atoms with Crippen LogP contribution in [0.5, 0.6) is 0 Å². The number of hydrogen-bond acceptors (Lipinski definition) is 1. The molecule has 0 radical (unpaired) electrons. The van der Waals surface area contributed by atoms with Crippen LogP contribution in [-0.4, -0.2) is 0 Å². The van der Waals surface area contributed by atoms with Crippen molar-refractivity contribution in [2.75, 3.05) is 0 Å². The number of hydrogen-bond donors (Lipinski definition) is 1. The van der Waals surface area contributed by atoms with Gasteiger partial charge in [0.15, 0.2) is 0 Å². The second-order valence-corrected chi connectivity index (χ2v) is 6.04. The van der Waals surface area contributed by atoms with Crippen LogP contribution in [0.1, 0.15) is 29.7 Å². The van der Waals surface area contributed by atoms with E-state index < -0.39 is 0 Å². The third kappa shape index (κ3) is 4.07. The topological polar surface area (TPSA) is 12.0 Å². The summed E-state index contributed by atoms with van der Waals surface area (Å²) in [4.78, 5) is 0. The Bertz CT molecular complexity index is 551. The van der Waals surface area contributed by atoms with E-state index in [1.54, 1.807) is 0 Å². The normalized spacial score (nSPS) is 12.4. The van der Waals surface area contributed by atoms with Crippen molar-refractivity contribution in [2.24, 2.45) is 0 Å². The molecule has 2 aromatic carbocycles. The Hall–Kier alpha value is -0.830. The van der Waals surface area contributed by atoms with Gasteiger partial charge in [-0.25, -0.2) is 0 Å². The van der Waals surface area contributed by atoms with E-state index in [-0.39, 0.29) is 0 Å². The second-order valence-electron chi connectivity index (χ2n) is 4.75. The monoisotopic (exact) mass is 337 g/mol. The molecule has 3 heteroatoms. The molecule has 1 N–H and O–H groups in total. The van der Waals surface area contributed by atoms with E-state index in [0.717, 1.165) is 16.0 Å². The van der Waals surface area contributed by atoms with Crippen molar-refractivity contribution < 1.29 is 0 Å². The first kappa shape index (κ1) is 14.6. The van der Waals surface area contributed by atoms with E-state index in [0.29, 0.717) is 6.04 Å². The van der Waals surface area contributed by atoms with Gasteiger partial charge in [-0.1, -0.05) is 63.4 Å². The van der Waals surface area contributed by atoms with Gasteiger partial charge < -0.3 is 5.32 Å². The van der Waals surface area contributed by atoms with Crippen LogP contribution in [-0.2, 0) is 6.54 Å². The average Bonchev–Trinajstić information content (AvgIpc) is 2.38. The summed E-state index contributed by atoms with van der Waals surface area (Å²) in [7, 11) is 0. The maximum absolute atomic E-state index is 5.94. The highest BCUT2D eigenvalue weighted by molar-refractivity contribution is 9.10. The number of halogens is 2. The standard InChI is InChI=1S/C16H17BrClN/c1-11-3-5-13(6-4-11)12(2)19-10-14-7-8-15(18)9-16(14)17/h3-9,12,19H,10H2,1-2H3. The van der Waals surface area contributed by atoms with Crippen LogP contribution in [0.2, 0.25) is 5.02 Å². The molecule has 1 atom stereocenters. The highest BCUT2D eigenvalue weighted by Gasteiger charge is 2.06. The fraction of sp³-hybridized carbons (Fsp3) is 0.250. The summed E-state index contributed by atoms with van der Waals surface area (Å²) < 4.78 is 1.05. The molecule has 0 spiro atoms. The Labute approximate surface area is 128 Å². The minimum Gasteiger partial charge on any atom is -0.306 e. The molecule has 0 aromatic heterocycles. The Morgan fingerprint density at radius 2 is 1.84 bits per heavy atom. The smallest absolute Gasteiger partial charge is 0.0417 e. The fourth-order valence-electron chi connectivity index (χ4n) is 1.90. The third-order valence-electron chi connectivity index (χ3n) is 3.19. The highest BCUT2D eigenvalue weighted by atomic mass is 79.9. The molecule has 2 aromatic rings. The van der Waals surface area contributed by atoms with Crippen LogP contribution < -0.4 is 5.32 Å². The summed E-state index contributed by atoms with van der Waals surface area (Å²) in [5.41, 5.74) is 3.80. The van der Waals surface area contributed by atoms with Gasteiger partial charge in [-0.3, -0.25) is 0 Å². The molecule has 0 saturated carbocycles. The molecular formula is C16H17BrClN. The van der Waals surface area contributed by atoms with E-state index in [9.17, 15) is 0 Å². The molecule has 0 aliphatic carbocycles. The summed E-state index contributed by atoms with van der Waals surface area (Å²) in [6.45, 7) is 5.09. The minimum absolute atomic E-state index is 0.322.